The zero-order valence-electron chi connectivity index (χ0n) is 7.43. The van der Waals surface area contributed by atoms with E-state index in [2.05, 4.69) is 0 Å². The molecule has 0 aromatic heterocycles. The first-order valence-electron chi connectivity index (χ1n) is 4.10. The van der Waals surface area contributed by atoms with Crippen molar-refractivity contribution >= 4 is 23.6 Å². The smallest absolute Gasteiger partial charge is 0.352 e. The SMILES string of the molecule is CC1=C(C(=O)O)N2C(=O)C(O)[C@H]2SC1. The van der Waals surface area contributed by atoms with E-state index in [1.54, 1.807) is 6.92 Å². The largest absolute Gasteiger partial charge is 0.477 e. The summed E-state index contributed by atoms with van der Waals surface area (Å²) >= 11 is 1.39. The minimum Gasteiger partial charge on any atom is -0.477 e. The van der Waals surface area contributed by atoms with Gasteiger partial charge in [-0.25, -0.2) is 4.79 Å². The van der Waals surface area contributed by atoms with Crippen molar-refractivity contribution in [3.05, 3.63) is 11.3 Å². The van der Waals surface area contributed by atoms with Crippen LogP contribution in [0.3, 0.4) is 0 Å². The molecule has 1 fully saturated rings. The van der Waals surface area contributed by atoms with E-state index in [1.165, 1.54) is 11.8 Å². The molecule has 2 rings (SSSR count). The molecule has 1 unspecified atom stereocenters. The van der Waals surface area contributed by atoms with E-state index in [0.29, 0.717) is 11.3 Å². The van der Waals surface area contributed by atoms with Gasteiger partial charge in [-0.2, -0.15) is 0 Å². The van der Waals surface area contributed by atoms with Gasteiger partial charge in [-0.05, 0) is 12.5 Å². The number of amides is 1. The number of fused-ring (bicyclic) bond motifs is 1. The van der Waals surface area contributed by atoms with E-state index in [0.717, 1.165) is 4.90 Å². The second kappa shape index (κ2) is 2.99. The van der Waals surface area contributed by atoms with Crippen LogP contribution in [0.1, 0.15) is 6.92 Å². The molecule has 0 saturated carbocycles. The van der Waals surface area contributed by atoms with E-state index in [-0.39, 0.29) is 5.70 Å². The summed E-state index contributed by atoms with van der Waals surface area (Å²) in [6, 6.07) is 0. The monoisotopic (exact) mass is 215 g/mol. The van der Waals surface area contributed by atoms with Crippen molar-refractivity contribution < 1.29 is 19.8 Å². The fraction of sp³-hybridized carbons (Fsp3) is 0.500. The molecule has 1 saturated heterocycles. The highest BCUT2D eigenvalue weighted by molar-refractivity contribution is 8.00. The molecule has 0 aromatic rings. The van der Waals surface area contributed by atoms with Gasteiger partial charge in [0.15, 0.2) is 6.10 Å². The topological polar surface area (TPSA) is 77.8 Å². The number of hydrogen-bond donors (Lipinski definition) is 2. The van der Waals surface area contributed by atoms with Gasteiger partial charge in [-0.1, -0.05) is 0 Å². The molecule has 76 valence electrons. The number of aliphatic hydroxyl groups is 1. The number of thioether (sulfide) groups is 1. The summed E-state index contributed by atoms with van der Waals surface area (Å²) in [6.45, 7) is 1.69. The summed E-state index contributed by atoms with van der Waals surface area (Å²) < 4.78 is 0. The molecule has 6 heteroatoms. The molecule has 5 nitrogen and oxygen atoms in total. The third kappa shape index (κ3) is 1.07. The first-order chi connectivity index (χ1) is 6.54. The molecule has 14 heavy (non-hydrogen) atoms. The predicted octanol–water partition coefficient (Wildman–Crippen LogP) is -0.379. The second-order valence-corrected chi connectivity index (χ2v) is 4.39. The first kappa shape index (κ1) is 9.54. The maximum Gasteiger partial charge on any atom is 0.352 e. The Bertz CT molecular complexity index is 351. The van der Waals surface area contributed by atoms with Gasteiger partial charge in [-0.15, -0.1) is 11.8 Å². The average molecular weight is 215 g/mol. The molecular formula is C8H9NO4S. The summed E-state index contributed by atoms with van der Waals surface area (Å²) in [5.41, 5.74) is 0.697. The average Bonchev–Trinajstić information content (AvgIpc) is 2.15. The van der Waals surface area contributed by atoms with Gasteiger partial charge in [0.05, 0.1) is 0 Å². The van der Waals surface area contributed by atoms with Gasteiger partial charge < -0.3 is 10.2 Å². The van der Waals surface area contributed by atoms with Gasteiger partial charge in [0, 0.05) is 5.75 Å². The third-order valence-corrected chi connectivity index (χ3v) is 3.74. The minimum atomic E-state index is -1.10. The van der Waals surface area contributed by atoms with Gasteiger partial charge in [-0.3, -0.25) is 9.69 Å². The summed E-state index contributed by atoms with van der Waals surface area (Å²) in [5, 5.41) is 17.8. The zero-order chi connectivity index (χ0) is 10.5. The number of carbonyl (C=O) groups excluding carboxylic acids is 1. The van der Waals surface area contributed by atoms with Crippen molar-refractivity contribution in [1.82, 2.24) is 4.90 Å². The van der Waals surface area contributed by atoms with Crippen LogP contribution in [0.15, 0.2) is 11.3 Å². The zero-order valence-corrected chi connectivity index (χ0v) is 8.24. The van der Waals surface area contributed by atoms with Crippen LogP contribution in [0.4, 0.5) is 0 Å². The lowest BCUT2D eigenvalue weighted by Crippen LogP contribution is -2.64. The third-order valence-electron chi connectivity index (χ3n) is 2.33. The summed E-state index contributed by atoms with van der Waals surface area (Å²) in [4.78, 5) is 23.2. The molecule has 2 atom stereocenters. The van der Waals surface area contributed by atoms with E-state index in [4.69, 9.17) is 5.11 Å². The molecule has 2 N–H and O–H groups in total. The van der Waals surface area contributed by atoms with E-state index >= 15 is 0 Å². The number of carboxylic acids is 1. The van der Waals surface area contributed by atoms with Gasteiger partial charge in [0.25, 0.3) is 5.91 Å². The van der Waals surface area contributed by atoms with Crippen LogP contribution >= 0.6 is 11.8 Å². The molecule has 1 amide bonds. The number of β-lactam (4-membered cyclic amide) rings is 1. The Kier molecular flexibility index (Phi) is 2.04. The fourth-order valence-corrected chi connectivity index (χ4v) is 2.84. The Morgan fingerprint density at radius 3 is 2.86 bits per heavy atom. The second-order valence-electron chi connectivity index (χ2n) is 3.29. The van der Waals surface area contributed by atoms with Crippen molar-refractivity contribution in [1.29, 1.82) is 0 Å². The molecule has 0 bridgehead atoms. The molecule has 2 heterocycles. The lowest BCUT2D eigenvalue weighted by Gasteiger charge is -2.46. The Morgan fingerprint density at radius 2 is 2.29 bits per heavy atom. The predicted molar refractivity (Wildman–Crippen MR) is 49.4 cm³/mol. The number of rotatable bonds is 1. The lowest BCUT2D eigenvalue weighted by atomic mass is 10.1. The summed E-state index contributed by atoms with van der Waals surface area (Å²) in [5.74, 6) is -1.07. The van der Waals surface area contributed by atoms with Crippen molar-refractivity contribution in [2.75, 3.05) is 5.75 Å². The van der Waals surface area contributed by atoms with Crippen molar-refractivity contribution in [2.24, 2.45) is 0 Å². The number of nitrogens with zero attached hydrogens (tertiary/aromatic N) is 1. The van der Waals surface area contributed by atoms with Crippen LogP contribution in [0.5, 0.6) is 0 Å². The number of carbonyl (C=O) groups is 2. The minimum absolute atomic E-state index is 0.0315. The van der Waals surface area contributed by atoms with Gasteiger partial charge in [0.1, 0.15) is 11.1 Å². The van der Waals surface area contributed by atoms with Crippen LogP contribution in [0.2, 0.25) is 0 Å². The van der Waals surface area contributed by atoms with Crippen molar-refractivity contribution in [3.8, 4) is 0 Å². The highest BCUT2D eigenvalue weighted by Gasteiger charge is 2.52. The Balaban J connectivity index is 2.37. The highest BCUT2D eigenvalue weighted by atomic mass is 32.2. The van der Waals surface area contributed by atoms with E-state index in [1.807, 2.05) is 0 Å². The van der Waals surface area contributed by atoms with Crippen molar-refractivity contribution in [3.63, 3.8) is 0 Å². The van der Waals surface area contributed by atoms with Crippen LogP contribution in [-0.2, 0) is 9.59 Å². The Labute approximate surface area is 84.4 Å². The number of aliphatic carboxylic acids is 1. The summed E-state index contributed by atoms with van der Waals surface area (Å²) in [7, 11) is 0. The van der Waals surface area contributed by atoms with Gasteiger partial charge >= 0.3 is 5.97 Å². The van der Waals surface area contributed by atoms with Gasteiger partial charge in [0.2, 0.25) is 0 Å². The molecule has 0 spiro atoms. The lowest BCUT2D eigenvalue weighted by molar-refractivity contribution is -0.159. The maximum atomic E-state index is 11.2. The molecular weight excluding hydrogens is 206 g/mol. The standard InChI is InChI=1S/C8H9NO4S/c1-3-2-14-7-5(10)6(11)9(7)4(3)8(12)13/h5,7,10H,2H2,1H3,(H,12,13)/t5?,7-/m1/s1. The summed E-state index contributed by atoms with van der Waals surface area (Å²) in [6.07, 6.45) is -1.04. The van der Waals surface area contributed by atoms with Crippen LogP contribution in [0.25, 0.3) is 0 Å². The quantitative estimate of drug-likeness (QED) is 0.583. The van der Waals surface area contributed by atoms with Crippen LogP contribution in [0, 0.1) is 0 Å². The molecule has 0 aromatic carbocycles. The highest BCUT2D eigenvalue weighted by Crippen LogP contribution is 2.39. The van der Waals surface area contributed by atoms with Crippen molar-refractivity contribution in [2.45, 2.75) is 18.4 Å². The Hall–Kier alpha value is -1.01. The normalized spacial score (nSPS) is 31.3. The molecule has 2 aliphatic rings. The van der Waals surface area contributed by atoms with E-state index < -0.39 is 23.4 Å². The fourth-order valence-electron chi connectivity index (χ4n) is 1.62. The maximum absolute atomic E-state index is 11.2. The number of hydrogen-bond acceptors (Lipinski definition) is 4. The molecule has 0 aliphatic carbocycles. The number of carboxylic acid groups (broad SMARTS) is 1. The van der Waals surface area contributed by atoms with Crippen LogP contribution < -0.4 is 0 Å². The molecule has 0 radical (unpaired) electrons. The number of aliphatic hydroxyl groups excluding tert-OH is 1. The first-order valence-corrected chi connectivity index (χ1v) is 5.14. The molecule has 2 aliphatic heterocycles. The van der Waals surface area contributed by atoms with Crippen LogP contribution in [-0.4, -0.2) is 44.2 Å². The Morgan fingerprint density at radius 1 is 1.64 bits per heavy atom. The van der Waals surface area contributed by atoms with E-state index in [9.17, 15) is 14.7 Å².